The monoisotopic (exact) mass is 319 g/mol. The molecule has 0 aliphatic carbocycles. The van der Waals surface area contributed by atoms with E-state index in [4.69, 9.17) is 4.74 Å². The first-order valence-electron chi connectivity index (χ1n) is 7.55. The number of hydrogen-bond donors (Lipinski definition) is 1. The molecule has 1 atom stereocenters. The van der Waals surface area contributed by atoms with E-state index >= 15 is 0 Å². The van der Waals surface area contributed by atoms with E-state index in [0.29, 0.717) is 6.61 Å². The van der Waals surface area contributed by atoms with Gasteiger partial charge in [-0.05, 0) is 23.5 Å². The van der Waals surface area contributed by atoms with Crippen molar-refractivity contribution in [2.24, 2.45) is 5.41 Å². The van der Waals surface area contributed by atoms with E-state index in [2.05, 4.69) is 66.6 Å². The molecule has 0 saturated heterocycles. The van der Waals surface area contributed by atoms with Crippen LogP contribution in [0.4, 0.5) is 5.13 Å². The molecular formula is C17H25N3OS. The fourth-order valence-electron chi connectivity index (χ4n) is 2.40. The van der Waals surface area contributed by atoms with Crippen LogP contribution in [-0.4, -0.2) is 23.1 Å². The summed E-state index contributed by atoms with van der Waals surface area (Å²) in [5.74, 6) is 0.840. The predicted molar refractivity (Wildman–Crippen MR) is 92.5 cm³/mol. The zero-order valence-electron chi connectivity index (χ0n) is 14.0. The molecule has 22 heavy (non-hydrogen) atoms. The van der Waals surface area contributed by atoms with Crippen LogP contribution in [0.15, 0.2) is 24.3 Å². The molecule has 2 rings (SSSR count). The smallest absolute Gasteiger partial charge is 0.203 e. The molecule has 0 amide bonds. The molecule has 1 heterocycles. The van der Waals surface area contributed by atoms with Crippen molar-refractivity contribution < 1.29 is 4.74 Å². The second-order valence-corrected chi connectivity index (χ2v) is 7.31. The van der Waals surface area contributed by atoms with E-state index in [1.54, 1.807) is 7.11 Å². The summed E-state index contributed by atoms with van der Waals surface area (Å²) in [5, 5.41) is 4.45. The molecule has 0 aliphatic rings. The normalized spacial score (nSPS) is 13.1. The molecule has 120 valence electrons. The van der Waals surface area contributed by atoms with Crippen LogP contribution >= 0.6 is 11.5 Å². The molecule has 1 aromatic carbocycles. The maximum atomic E-state index is 5.08. The lowest BCUT2D eigenvalue weighted by Gasteiger charge is -2.32. The molecule has 0 aliphatic heterocycles. The standard InChI is InChI=1S/C17H25N3OS/c1-12-8-6-7-9-13(12)15(17(2,3)4)19-16-18-14(20-22-16)10-11-21-5/h6-9,15H,10-11H2,1-5H3,(H,18,19,20). The quantitative estimate of drug-likeness (QED) is 0.865. The third-order valence-corrected chi connectivity index (χ3v) is 4.32. The van der Waals surface area contributed by atoms with Crippen molar-refractivity contribution in [3.63, 3.8) is 0 Å². The molecule has 1 aromatic heterocycles. The summed E-state index contributed by atoms with van der Waals surface area (Å²) < 4.78 is 9.47. The van der Waals surface area contributed by atoms with Gasteiger partial charge in [0.15, 0.2) is 0 Å². The number of ether oxygens (including phenoxy) is 1. The van der Waals surface area contributed by atoms with Gasteiger partial charge < -0.3 is 10.1 Å². The number of benzene rings is 1. The van der Waals surface area contributed by atoms with Crippen LogP contribution in [0, 0.1) is 12.3 Å². The third-order valence-electron chi connectivity index (χ3n) is 3.63. The van der Waals surface area contributed by atoms with Crippen LogP contribution in [-0.2, 0) is 11.2 Å². The first-order chi connectivity index (χ1) is 10.4. The summed E-state index contributed by atoms with van der Waals surface area (Å²) in [4.78, 5) is 4.57. The number of anilines is 1. The molecule has 0 saturated carbocycles. The third kappa shape index (κ3) is 4.27. The molecule has 5 heteroatoms. The molecular weight excluding hydrogens is 294 g/mol. The first-order valence-corrected chi connectivity index (χ1v) is 8.32. The lowest BCUT2D eigenvalue weighted by molar-refractivity contribution is 0.201. The summed E-state index contributed by atoms with van der Waals surface area (Å²) in [6.07, 6.45) is 0.749. The Morgan fingerprint density at radius 3 is 2.64 bits per heavy atom. The Hall–Kier alpha value is -1.46. The number of methoxy groups -OCH3 is 1. The van der Waals surface area contributed by atoms with Crippen molar-refractivity contribution >= 4 is 16.7 Å². The average molecular weight is 319 g/mol. The second-order valence-electron chi connectivity index (χ2n) is 6.56. The number of aryl methyl sites for hydroxylation is 1. The van der Waals surface area contributed by atoms with Crippen LogP contribution in [0.25, 0.3) is 0 Å². The molecule has 1 unspecified atom stereocenters. The lowest BCUT2D eigenvalue weighted by Crippen LogP contribution is -2.26. The highest BCUT2D eigenvalue weighted by atomic mass is 32.1. The topological polar surface area (TPSA) is 47.0 Å². The van der Waals surface area contributed by atoms with Crippen LogP contribution in [0.2, 0.25) is 0 Å². The van der Waals surface area contributed by atoms with E-state index in [1.165, 1.54) is 22.7 Å². The Balaban J connectivity index is 2.21. The Morgan fingerprint density at radius 1 is 1.27 bits per heavy atom. The molecule has 0 spiro atoms. The van der Waals surface area contributed by atoms with E-state index < -0.39 is 0 Å². The van der Waals surface area contributed by atoms with E-state index in [-0.39, 0.29) is 11.5 Å². The summed E-state index contributed by atoms with van der Waals surface area (Å²) in [5.41, 5.74) is 2.67. The minimum Gasteiger partial charge on any atom is -0.384 e. The van der Waals surface area contributed by atoms with Gasteiger partial charge in [0.05, 0.1) is 12.6 Å². The van der Waals surface area contributed by atoms with Gasteiger partial charge in [0.2, 0.25) is 5.13 Å². The Kier molecular flexibility index (Phi) is 5.53. The number of nitrogens with zero attached hydrogens (tertiary/aromatic N) is 2. The number of hydrogen-bond acceptors (Lipinski definition) is 5. The van der Waals surface area contributed by atoms with Gasteiger partial charge >= 0.3 is 0 Å². The zero-order valence-corrected chi connectivity index (χ0v) is 14.8. The fourth-order valence-corrected chi connectivity index (χ4v) is 3.04. The SMILES string of the molecule is COCCc1nsc(NC(c2ccccc2C)C(C)(C)C)n1. The summed E-state index contributed by atoms with van der Waals surface area (Å²) in [7, 11) is 1.69. The van der Waals surface area contributed by atoms with Gasteiger partial charge in [0.1, 0.15) is 5.82 Å². The molecule has 4 nitrogen and oxygen atoms in total. The molecule has 0 bridgehead atoms. The highest BCUT2D eigenvalue weighted by Crippen LogP contribution is 2.37. The van der Waals surface area contributed by atoms with Gasteiger partial charge in [-0.2, -0.15) is 4.37 Å². The van der Waals surface area contributed by atoms with Gasteiger partial charge in [-0.1, -0.05) is 45.0 Å². The van der Waals surface area contributed by atoms with Crippen LogP contribution in [0.3, 0.4) is 0 Å². The lowest BCUT2D eigenvalue weighted by atomic mass is 9.81. The fraction of sp³-hybridized carbons (Fsp3) is 0.529. The molecule has 2 aromatic rings. The highest BCUT2D eigenvalue weighted by Gasteiger charge is 2.28. The van der Waals surface area contributed by atoms with Gasteiger partial charge in [0.25, 0.3) is 0 Å². The number of nitrogens with one attached hydrogen (secondary N) is 1. The number of rotatable bonds is 6. The van der Waals surface area contributed by atoms with Crippen molar-refractivity contribution in [1.82, 2.24) is 9.36 Å². The minimum atomic E-state index is 0.0739. The Morgan fingerprint density at radius 2 is 2.00 bits per heavy atom. The second kappa shape index (κ2) is 7.20. The van der Waals surface area contributed by atoms with Crippen molar-refractivity contribution in [2.45, 2.75) is 40.2 Å². The van der Waals surface area contributed by atoms with Crippen LogP contribution in [0.1, 0.15) is 43.8 Å². The van der Waals surface area contributed by atoms with E-state index in [0.717, 1.165) is 17.4 Å². The summed E-state index contributed by atoms with van der Waals surface area (Å²) in [6.45, 7) is 9.52. The zero-order chi connectivity index (χ0) is 16.2. The van der Waals surface area contributed by atoms with Gasteiger partial charge in [0, 0.05) is 25.1 Å². The molecule has 0 radical (unpaired) electrons. The van der Waals surface area contributed by atoms with E-state index in [9.17, 15) is 0 Å². The molecule has 0 fully saturated rings. The molecule has 1 N–H and O–H groups in total. The van der Waals surface area contributed by atoms with Gasteiger partial charge in [-0.15, -0.1) is 0 Å². The first kappa shape index (κ1) is 16.9. The summed E-state index contributed by atoms with van der Waals surface area (Å²) >= 11 is 1.42. The summed E-state index contributed by atoms with van der Waals surface area (Å²) in [6, 6.07) is 8.70. The van der Waals surface area contributed by atoms with E-state index in [1.807, 2.05) is 0 Å². The average Bonchev–Trinajstić information content (AvgIpc) is 2.90. The van der Waals surface area contributed by atoms with Crippen LogP contribution in [0.5, 0.6) is 0 Å². The minimum absolute atomic E-state index is 0.0739. The Bertz CT molecular complexity index is 604. The number of aromatic nitrogens is 2. The van der Waals surface area contributed by atoms with Crippen molar-refractivity contribution in [3.8, 4) is 0 Å². The largest absolute Gasteiger partial charge is 0.384 e. The highest BCUT2D eigenvalue weighted by molar-refractivity contribution is 7.09. The van der Waals surface area contributed by atoms with Crippen molar-refractivity contribution in [1.29, 1.82) is 0 Å². The Labute approximate surface area is 137 Å². The predicted octanol–water partition coefficient (Wildman–Crippen LogP) is 4.23. The van der Waals surface area contributed by atoms with Crippen molar-refractivity contribution in [2.75, 3.05) is 19.0 Å². The van der Waals surface area contributed by atoms with Gasteiger partial charge in [-0.25, -0.2) is 4.98 Å². The van der Waals surface area contributed by atoms with Crippen LogP contribution < -0.4 is 5.32 Å². The maximum absolute atomic E-state index is 5.08. The van der Waals surface area contributed by atoms with Crippen molar-refractivity contribution in [3.05, 3.63) is 41.2 Å². The maximum Gasteiger partial charge on any atom is 0.203 e. The van der Waals surface area contributed by atoms with Gasteiger partial charge in [-0.3, -0.25) is 0 Å².